The fraction of sp³-hybridized carbons (Fsp3) is 0.259. The number of piperidine rings is 1. The highest BCUT2D eigenvalue weighted by molar-refractivity contribution is 5.92. The molecule has 6 aromatic heterocycles. The van der Waals surface area contributed by atoms with Crippen LogP contribution in [-0.2, 0) is 6.54 Å². The van der Waals surface area contributed by atoms with E-state index in [1.165, 1.54) is 24.8 Å². The van der Waals surface area contributed by atoms with Gasteiger partial charge in [-0.3, -0.25) is 15.0 Å². The van der Waals surface area contributed by atoms with Crippen molar-refractivity contribution < 1.29 is 0 Å². The predicted octanol–water partition coefficient (Wildman–Crippen LogP) is 4.44. The van der Waals surface area contributed by atoms with Crippen molar-refractivity contribution in [1.29, 1.82) is 0 Å². The van der Waals surface area contributed by atoms with E-state index in [0.29, 0.717) is 17.2 Å². The van der Waals surface area contributed by atoms with Gasteiger partial charge in [0.05, 0.1) is 28.9 Å². The molecule has 1 aliphatic heterocycles. The number of nitrogens with one attached hydrogen (secondary N) is 2. The molecule has 0 radical (unpaired) electrons. The third-order valence-corrected chi connectivity index (χ3v) is 6.94. The Labute approximate surface area is 212 Å². The smallest absolute Gasteiger partial charge is 0.180 e. The van der Waals surface area contributed by atoms with Gasteiger partial charge in [0.2, 0.25) is 0 Å². The first-order valence-electron chi connectivity index (χ1n) is 12.6. The first-order valence-corrected chi connectivity index (χ1v) is 12.6. The topological polar surface area (TPSA) is 117 Å². The summed E-state index contributed by atoms with van der Waals surface area (Å²) in [6, 6.07) is 8.14. The van der Waals surface area contributed by atoms with E-state index in [-0.39, 0.29) is 0 Å². The minimum absolute atomic E-state index is 0.611. The van der Waals surface area contributed by atoms with Gasteiger partial charge in [0.15, 0.2) is 17.2 Å². The van der Waals surface area contributed by atoms with E-state index >= 15 is 0 Å². The average Bonchev–Trinajstić information content (AvgIpc) is 3.66. The van der Waals surface area contributed by atoms with Gasteiger partial charge in [0, 0.05) is 36.9 Å². The number of hydrogen-bond acceptors (Lipinski definition) is 7. The highest BCUT2D eigenvalue weighted by Crippen LogP contribution is 2.29. The standard InChI is InChI=1S/C27H26N10/c1-17-14-37(16-30-17)22-7-8-29-26-24(22)32-27(33-26)25-23-21(34-35-25)6-5-20(31-23)19-11-18(12-28-13-19)15-36-9-3-2-4-10-36/h5-8,11-14,16H,2-4,9-10,15H2,1H3,(H,34,35)(H,29,32,33). The summed E-state index contributed by atoms with van der Waals surface area (Å²) in [5.41, 5.74) is 8.59. The van der Waals surface area contributed by atoms with Crippen LogP contribution in [0.2, 0.25) is 0 Å². The molecule has 2 N–H and O–H groups in total. The highest BCUT2D eigenvalue weighted by atomic mass is 15.2. The molecule has 1 saturated heterocycles. The number of aromatic amines is 2. The Morgan fingerprint density at radius 3 is 2.78 bits per heavy atom. The molecule has 0 aromatic carbocycles. The van der Waals surface area contributed by atoms with E-state index in [1.54, 1.807) is 12.5 Å². The van der Waals surface area contributed by atoms with Crippen molar-refractivity contribution in [2.24, 2.45) is 0 Å². The van der Waals surface area contributed by atoms with Gasteiger partial charge in [-0.15, -0.1) is 0 Å². The van der Waals surface area contributed by atoms with Crippen molar-refractivity contribution in [3.63, 3.8) is 0 Å². The molecule has 7 rings (SSSR count). The molecule has 6 aromatic rings. The Morgan fingerprint density at radius 1 is 1.00 bits per heavy atom. The number of hydrogen-bond donors (Lipinski definition) is 2. The zero-order valence-corrected chi connectivity index (χ0v) is 20.5. The van der Waals surface area contributed by atoms with E-state index in [2.05, 4.69) is 41.1 Å². The van der Waals surface area contributed by atoms with Crippen LogP contribution in [-0.4, -0.2) is 62.7 Å². The SMILES string of the molecule is Cc1cn(-c2ccnc3nc(-c4n[nH]c5ccc(-c6cncc(CN7CCCCC7)c6)nc45)[nH]c23)cn1. The summed E-state index contributed by atoms with van der Waals surface area (Å²) in [5, 5.41) is 7.64. The molecule has 10 heteroatoms. The molecule has 0 amide bonds. The molecule has 0 unspecified atom stereocenters. The molecule has 7 heterocycles. The maximum Gasteiger partial charge on any atom is 0.180 e. The summed E-state index contributed by atoms with van der Waals surface area (Å²) in [4.78, 5) is 29.0. The van der Waals surface area contributed by atoms with Crippen LogP contribution in [0.5, 0.6) is 0 Å². The lowest BCUT2D eigenvalue weighted by atomic mass is 10.1. The average molecular weight is 491 g/mol. The minimum atomic E-state index is 0.611. The third kappa shape index (κ3) is 4.05. The summed E-state index contributed by atoms with van der Waals surface area (Å²) in [6.07, 6.45) is 13.2. The normalized spacial score (nSPS) is 14.6. The lowest BCUT2D eigenvalue weighted by Gasteiger charge is -2.26. The van der Waals surface area contributed by atoms with Crippen molar-refractivity contribution in [2.75, 3.05) is 13.1 Å². The van der Waals surface area contributed by atoms with Crippen molar-refractivity contribution in [3.05, 3.63) is 66.6 Å². The molecule has 0 spiro atoms. The maximum absolute atomic E-state index is 4.98. The number of aryl methyl sites for hydroxylation is 1. The first-order chi connectivity index (χ1) is 18.2. The third-order valence-electron chi connectivity index (χ3n) is 6.94. The Bertz CT molecular complexity index is 1720. The van der Waals surface area contributed by atoms with E-state index < -0.39 is 0 Å². The minimum Gasteiger partial charge on any atom is -0.333 e. The predicted molar refractivity (Wildman–Crippen MR) is 141 cm³/mol. The Balaban J connectivity index is 1.26. The van der Waals surface area contributed by atoms with Crippen LogP contribution in [0, 0.1) is 6.92 Å². The number of H-pyrrole nitrogens is 2. The molecule has 184 valence electrons. The lowest BCUT2D eigenvalue weighted by Crippen LogP contribution is -2.29. The summed E-state index contributed by atoms with van der Waals surface area (Å²) < 4.78 is 1.96. The number of rotatable bonds is 5. The quantitative estimate of drug-likeness (QED) is 0.367. The fourth-order valence-electron chi connectivity index (χ4n) is 5.09. The Kier molecular flexibility index (Phi) is 5.24. The largest absolute Gasteiger partial charge is 0.333 e. The summed E-state index contributed by atoms with van der Waals surface area (Å²) in [5.74, 6) is 0.611. The molecule has 10 nitrogen and oxygen atoms in total. The van der Waals surface area contributed by atoms with Crippen molar-refractivity contribution in [2.45, 2.75) is 32.7 Å². The van der Waals surface area contributed by atoms with E-state index in [9.17, 15) is 0 Å². The maximum atomic E-state index is 4.98. The van der Waals surface area contributed by atoms with Crippen molar-refractivity contribution >= 4 is 22.2 Å². The van der Waals surface area contributed by atoms with Crippen LogP contribution in [0.15, 0.2) is 55.4 Å². The van der Waals surface area contributed by atoms with Crippen LogP contribution in [0.25, 0.3) is 50.7 Å². The molecule has 1 aliphatic rings. The van der Waals surface area contributed by atoms with E-state index in [0.717, 1.165) is 58.8 Å². The monoisotopic (exact) mass is 490 g/mol. The van der Waals surface area contributed by atoms with Crippen LogP contribution in [0.3, 0.4) is 0 Å². The van der Waals surface area contributed by atoms with Crippen LogP contribution in [0.4, 0.5) is 0 Å². The van der Waals surface area contributed by atoms with E-state index in [4.69, 9.17) is 9.97 Å². The molecule has 1 fully saturated rings. The molecule has 0 aliphatic carbocycles. The summed E-state index contributed by atoms with van der Waals surface area (Å²) in [7, 11) is 0. The number of imidazole rings is 2. The van der Waals surface area contributed by atoms with Gasteiger partial charge < -0.3 is 9.55 Å². The Morgan fingerprint density at radius 2 is 1.92 bits per heavy atom. The van der Waals surface area contributed by atoms with Crippen LogP contribution < -0.4 is 0 Å². The second-order valence-electron chi connectivity index (χ2n) is 9.62. The molecular formula is C27H26N10. The Hall–Kier alpha value is -4.44. The van der Waals surface area contributed by atoms with Crippen LogP contribution in [0.1, 0.15) is 30.5 Å². The van der Waals surface area contributed by atoms with Gasteiger partial charge in [0.25, 0.3) is 0 Å². The number of likely N-dealkylation sites (tertiary alicyclic amines) is 1. The molecule has 37 heavy (non-hydrogen) atoms. The second-order valence-corrected chi connectivity index (χ2v) is 9.62. The molecule has 0 bridgehead atoms. The number of nitrogens with zero attached hydrogens (tertiary/aromatic N) is 8. The van der Waals surface area contributed by atoms with Crippen molar-refractivity contribution in [3.8, 4) is 28.5 Å². The van der Waals surface area contributed by atoms with Crippen molar-refractivity contribution in [1.82, 2.24) is 49.6 Å². The van der Waals surface area contributed by atoms with Gasteiger partial charge in [0.1, 0.15) is 11.0 Å². The summed E-state index contributed by atoms with van der Waals surface area (Å²) >= 11 is 0. The molecular weight excluding hydrogens is 464 g/mol. The van der Waals surface area contributed by atoms with Gasteiger partial charge in [-0.1, -0.05) is 6.42 Å². The van der Waals surface area contributed by atoms with E-state index in [1.807, 2.05) is 48.3 Å². The summed E-state index contributed by atoms with van der Waals surface area (Å²) in [6.45, 7) is 5.19. The van der Waals surface area contributed by atoms with Gasteiger partial charge >= 0.3 is 0 Å². The molecule has 0 atom stereocenters. The zero-order valence-electron chi connectivity index (χ0n) is 20.5. The first kappa shape index (κ1) is 21.8. The molecule has 0 saturated carbocycles. The highest BCUT2D eigenvalue weighted by Gasteiger charge is 2.18. The zero-order chi connectivity index (χ0) is 24.8. The second kappa shape index (κ2) is 8.90. The van der Waals surface area contributed by atoms with Gasteiger partial charge in [-0.05, 0) is 62.7 Å². The van der Waals surface area contributed by atoms with Crippen LogP contribution >= 0.6 is 0 Å². The fourth-order valence-corrected chi connectivity index (χ4v) is 5.09. The van der Waals surface area contributed by atoms with Gasteiger partial charge in [-0.25, -0.2) is 19.9 Å². The number of pyridine rings is 3. The van der Waals surface area contributed by atoms with Gasteiger partial charge in [-0.2, -0.15) is 5.10 Å². The number of fused-ring (bicyclic) bond motifs is 2. The number of aromatic nitrogens is 9. The lowest BCUT2D eigenvalue weighted by molar-refractivity contribution is 0.220.